The van der Waals surface area contributed by atoms with Crippen LogP contribution in [-0.2, 0) is 0 Å². The summed E-state index contributed by atoms with van der Waals surface area (Å²) in [4.78, 5) is 13.1. The van der Waals surface area contributed by atoms with E-state index in [-0.39, 0.29) is 39.3 Å². The molecule has 10 N–H and O–H groups in total. The first-order chi connectivity index (χ1) is 20.4. The molecule has 0 aliphatic carbocycles. The molecule has 0 radical (unpaired) electrons. The molecule has 43 heavy (non-hydrogen) atoms. The van der Waals surface area contributed by atoms with E-state index in [1.807, 2.05) is 0 Å². The fraction of sp³-hybridized carbons (Fsp3) is 0.100. The van der Waals surface area contributed by atoms with Crippen molar-refractivity contribution in [1.29, 1.82) is 0 Å². The first kappa shape index (κ1) is 27.2. The second kappa shape index (κ2) is 9.56. The molecule has 0 bridgehead atoms. The van der Waals surface area contributed by atoms with Crippen molar-refractivity contribution >= 4 is 11.0 Å². The molecule has 0 fully saturated rings. The van der Waals surface area contributed by atoms with Gasteiger partial charge in [0.15, 0.2) is 34.9 Å². The van der Waals surface area contributed by atoms with Gasteiger partial charge in [-0.05, 0) is 29.8 Å². The Morgan fingerprint density at radius 2 is 1.40 bits per heavy atom. The topological polar surface area (TPSA) is 242 Å². The first-order valence-electron chi connectivity index (χ1n) is 12.6. The average Bonchev–Trinajstić information content (AvgIpc) is 2.95. The lowest BCUT2D eigenvalue weighted by atomic mass is 9.77. The van der Waals surface area contributed by atoms with E-state index in [0.29, 0.717) is 0 Å². The largest absolute Gasteiger partial charge is 0.508 e. The van der Waals surface area contributed by atoms with Gasteiger partial charge in [-0.2, -0.15) is 0 Å². The van der Waals surface area contributed by atoms with Gasteiger partial charge in [-0.1, -0.05) is 12.1 Å². The molecule has 0 saturated heterocycles. The van der Waals surface area contributed by atoms with Gasteiger partial charge in [-0.15, -0.1) is 0 Å². The predicted molar refractivity (Wildman–Crippen MR) is 147 cm³/mol. The van der Waals surface area contributed by atoms with Gasteiger partial charge >= 0.3 is 0 Å². The smallest absolute Gasteiger partial charge is 0.238 e. The van der Waals surface area contributed by atoms with Gasteiger partial charge in [-0.25, -0.2) is 0 Å². The predicted octanol–water partition coefficient (Wildman–Crippen LogP) is 3.44. The number of rotatable bonds is 3. The van der Waals surface area contributed by atoms with E-state index in [1.54, 1.807) is 0 Å². The molecule has 5 aromatic rings. The maximum atomic E-state index is 13.1. The van der Waals surface area contributed by atoms with Crippen molar-refractivity contribution in [3.63, 3.8) is 0 Å². The van der Waals surface area contributed by atoms with Gasteiger partial charge in [0.25, 0.3) is 0 Å². The van der Waals surface area contributed by atoms with Gasteiger partial charge in [0.1, 0.15) is 40.1 Å². The van der Waals surface area contributed by atoms with Crippen molar-refractivity contribution in [2.24, 2.45) is 0 Å². The summed E-state index contributed by atoms with van der Waals surface area (Å²) in [7, 11) is 0. The van der Waals surface area contributed by atoms with E-state index < -0.39 is 80.7 Å². The molecular formula is C30H22O13. The molecule has 3 atom stereocenters. The highest BCUT2D eigenvalue weighted by atomic mass is 16.5. The maximum Gasteiger partial charge on any atom is 0.238 e. The van der Waals surface area contributed by atoms with Crippen LogP contribution in [0.1, 0.15) is 28.7 Å². The standard InChI is InChI=1S/C30H22O13/c31-11-2-3-13-19(7-11)42-29(10-1-4-15(33)16(34)5-10)27(40)21(13)22-14(9-18(36)24(37)25(22)38)30-28(41)26(39)23-17(35)6-12(32)8-20(23)43-30/h1-9,21,27,29,31-38,40-41H/t21-,27-,29+/m0/s1. The zero-order valence-electron chi connectivity index (χ0n) is 21.6. The Bertz CT molecular complexity index is 2010. The fourth-order valence-electron chi connectivity index (χ4n) is 5.38. The third-order valence-electron chi connectivity index (χ3n) is 7.35. The summed E-state index contributed by atoms with van der Waals surface area (Å²) in [5.74, 6) is -8.46. The highest BCUT2D eigenvalue weighted by molar-refractivity contribution is 5.89. The Morgan fingerprint density at radius 3 is 2.12 bits per heavy atom. The van der Waals surface area contributed by atoms with Crippen molar-refractivity contribution in [2.75, 3.05) is 0 Å². The summed E-state index contributed by atoms with van der Waals surface area (Å²) in [6.45, 7) is 0. The number of benzene rings is 4. The molecule has 13 heteroatoms. The highest BCUT2D eigenvalue weighted by Gasteiger charge is 2.43. The van der Waals surface area contributed by atoms with Crippen LogP contribution in [-0.4, -0.2) is 57.2 Å². The SMILES string of the molecule is O=c1c(O)c(-c2cc(O)c(O)c(O)c2[C@@H]2c3ccc(O)cc3O[C@H](c3ccc(O)c(O)c3)[C@H]2O)oc2cc(O)cc(O)c12. The molecule has 1 aliphatic rings. The normalized spacial score (nSPS) is 17.8. The van der Waals surface area contributed by atoms with Crippen LogP contribution in [0.15, 0.2) is 63.8 Å². The van der Waals surface area contributed by atoms with E-state index in [9.17, 15) is 55.9 Å². The minimum Gasteiger partial charge on any atom is -0.508 e. The Morgan fingerprint density at radius 1 is 0.651 bits per heavy atom. The third-order valence-corrected chi connectivity index (χ3v) is 7.35. The Balaban J connectivity index is 1.67. The summed E-state index contributed by atoms with van der Waals surface area (Å²) >= 11 is 0. The van der Waals surface area contributed by atoms with E-state index in [0.717, 1.165) is 30.3 Å². The summed E-state index contributed by atoms with van der Waals surface area (Å²) in [5, 5.41) is 105. The zero-order valence-corrected chi connectivity index (χ0v) is 21.6. The molecule has 1 aliphatic heterocycles. The van der Waals surface area contributed by atoms with Gasteiger partial charge < -0.3 is 60.2 Å². The fourth-order valence-corrected chi connectivity index (χ4v) is 5.38. The molecule has 0 amide bonds. The summed E-state index contributed by atoms with van der Waals surface area (Å²) in [6.07, 6.45) is -3.00. The van der Waals surface area contributed by atoms with Crippen LogP contribution < -0.4 is 10.2 Å². The molecule has 0 spiro atoms. The summed E-state index contributed by atoms with van der Waals surface area (Å²) in [5.41, 5.74) is -1.98. The van der Waals surface area contributed by atoms with Crippen LogP contribution in [0.5, 0.6) is 57.5 Å². The van der Waals surface area contributed by atoms with E-state index in [2.05, 4.69) is 0 Å². The number of phenols is 8. The summed E-state index contributed by atoms with van der Waals surface area (Å²) in [6, 6.07) is 10.1. The quantitative estimate of drug-likeness (QED) is 0.136. The number of phenolic OH excluding ortho intramolecular Hbond substituents is 8. The Labute approximate surface area is 239 Å². The van der Waals surface area contributed by atoms with Crippen molar-refractivity contribution in [2.45, 2.75) is 18.1 Å². The monoisotopic (exact) mass is 590 g/mol. The number of ether oxygens (including phenoxy) is 1. The van der Waals surface area contributed by atoms with Crippen molar-refractivity contribution < 1.29 is 60.2 Å². The molecule has 6 rings (SSSR count). The van der Waals surface area contributed by atoms with Gasteiger partial charge in [0.2, 0.25) is 16.9 Å². The minimum absolute atomic E-state index is 0.00943. The zero-order chi connectivity index (χ0) is 30.9. The van der Waals surface area contributed by atoms with Crippen molar-refractivity contribution in [3.8, 4) is 68.8 Å². The van der Waals surface area contributed by atoms with Crippen LogP contribution in [0.4, 0.5) is 0 Å². The lowest BCUT2D eigenvalue weighted by Gasteiger charge is -2.38. The first-order valence-corrected chi connectivity index (χ1v) is 12.6. The number of aliphatic hydroxyl groups excluding tert-OH is 1. The second-order valence-electron chi connectivity index (χ2n) is 9.98. The average molecular weight is 590 g/mol. The van der Waals surface area contributed by atoms with E-state index >= 15 is 0 Å². The summed E-state index contributed by atoms with van der Waals surface area (Å²) < 4.78 is 11.6. The third kappa shape index (κ3) is 4.18. The number of aromatic hydroxyl groups is 9. The van der Waals surface area contributed by atoms with Crippen LogP contribution in [0, 0.1) is 0 Å². The maximum absolute atomic E-state index is 13.1. The van der Waals surface area contributed by atoms with Gasteiger partial charge in [-0.3, -0.25) is 4.79 Å². The molecule has 1 aromatic heterocycles. The lowest BCUT2D eigenvalue weighted by Crippen LogP contribution is -2.35. The molecule has 220 valence electrons. The number of fused-ring (bicyclic) bond motifs is 2. The highest BCUT2D eigenvalue weighted by Crippen LogP contribution is 2.55. The van der Waals surface area contributed by atoms with E-state index in [1.165, 1.54) is 24.3 Å². The van der Waals surface area contributed by atoms with Gasteiger partial charge in [0, 0.05) is 40.8 Å². The molecule has 4 aromatic carbocycles. The lowest BCUT2D eigenvalue weighted by molar-refractivity contribution is 0.00781. The minimum atomic E-state index is -1.67. The molecule has 2 heterocycles. The molecular weight excluding hydrogens is 568 g/mol. The van der Waals surface area contributed by atoms with Crippen LogP contribution in [0.2, 0.25) is 0 Å². The number of aliphatic hydroxyl groups is 1. The Kier molecular flexibility index (Phi) is 6.06. The molecule has 0 unspecified atom stereocenters. The van der Waals surface area contributed by atoms with Crippen molar-refractivity contribution in [3.05, 3.63) is 81.5 Å². The molecule has 13 nitrogen and oxygen atoms in total. The van der Waals surface area contributed by atoms with Gasteiger partial charge in [0.05, 0.1) is 0 Å². The molecule has 0 saturated carbocycles. The number of hydrogen-bond acceptors (Lipinski definition) is 13. The van der Waals surface area contributed by atoms with Crippen LogP contribution >= 0.6 is 0 Å². The second-order valence-corrected chi connectivity index (χ2v) is 9.98. The van der Waals surface area contributed by atoms with Crippen molar-refractivity contribution in [1.82, 2.24) is 0 Å². The Hall–Kier alpha value is -5.95. The van der Waals surface area contributed by atoms with Crippen LogP contribution in [0.3, 0.4) is 0 Å². The van der Waals surface area contributed by atoms with E-state index in [4.69, 9.17) is 9.15 Å². The number of hydrogen-bond donors (Lipinski definition) is 10. The van der Waals surface area contributed by atoms with Crippen LogP contribution in [0.25, 0.3) is 22.3 Å².